The van der Waals surface area contributed by atoms with Crippen LogP contribution < -0.4 is 11.1 Å². The Morgan fingerprint density at radius 1 is 1.50 bits per heavy atom. The van der Waals surface area contributed by atoms with Gasteiger partial charge in [0.1, 0.15) is 0 Å². The lowest BCUT2D eigenvalue weighted by atomic mass is 9.83. The number of hydrogen-bond donors (Lipinski definition) is 2. The lowest BCUT2D eigenvalue weighted by Crippen LogP contribution is -2.39. The van der Waals surface area contributed by atoms with Crippen molar-refractivity contribution in [3.8, 4) is 0 Å². The van der Waals surface area contributed by atoms with Crippen LogP contribution >= 0.6 is 0 Å². The molecule has 0 aromatic heterocycles. The highest BCUT2D eigenvalue weighted by Crippen LogP contribution is 2.28. The van der Waals surface area contributed by atoms with E-state index >= 15 is 0 Å². The van der Waals surface area contributed by atoms with Gasteiger partial charge in [0.15, 0.2) is 0 Å². The number of hydrogen-bond acceptors (Lipinski definition) is 2. The highest BCUT2D eigenvalue weighted by atomic mass is 16.1. The van der Waals surface area contributed by atoms with Gasteiger partial charge in [-0.3, -0.25) is 4.79 Å². The zero-order valence-electron chi connectivity index (χ0n) is 9.31. The predicted molar refractivity (Wildman–Crippen MR) is 57.9 cm³/mol. The third kappa shape index (κ3) is 4.61. The first-order valence-corrected chi connectivity index (χ1v) is 5.53. The maximum absolute atomic E-state index is 11.4. The summed E-state index contributed by atoms with van der Waals surface area (Å²) < 4.78 is 0. The molecule has 1 amide bonds. The van der Waals surface area contributed by atoms with Gasteiger partial charge < -0.3 is 11.1 Å². The Bertz CT molecular complexity index is 192. The first kappa shape index (κ1) is 11.5. The lowest BCUT2D eigenvalue weighted by molar-refractivity contribution is -0.122. The Kier molecular flexibility index (Phi) is 3.93. The Hall–Kier alpha value is -0.570. The van der Waals surface area contributed by atoms with Crippen molar-refractivity contribution in [3.63, 3.8) is 0 Å². The van der Waals surface area contributed by atoms with E-state index in [1.165, 1.54) is 19.3 Å². The quantitative estimate of drug-likeness (QED) is 0.702. The van der Waals surface area contributed by atoms with Gasteiger partial charge in [-0.05, 0) is 26.2 Å². The van der Waals surface area contributed by atoms with E-state index in [9.17, 15) is 4.79 Å². The molecule has 0 saturated heterocycles. The van der Waals surface area contributed by atoms with E-state index in [4.69, 9.17) is 5.73 Å². The van der Waals surface area contributed by atoms with Gasteiger partial charge in [-0.2, -0.15) is 0 Å². The van der Waals surface area contributed by atoms with Crippen molar-refractivity contribution in [2.75, 3.05) is 6.54 Å². The fourth-order valence-corrected chi connectivity index (χ4v) is 1.67. The minimum absolute atomic E-state index is 0.0804. The topological polar surface area (TPSA) is 55.1 Å². The molecule has 0 unspecified atom stereocenters. The first-order valence-electron chi connectivity index (χ1n) is 5.53. The minimum Gasteiger partial charge on any atom is -0.356 e. The average molecular weight is 198 g/mol. The van der Waals surface area contributed by atoms with Crippen molar-refractivity contribution >= 4 is 5.91 Å². The molecule has 1 aliphatic rings. The number of amides is 1. The smallest absolute Gasteiger partial charge is 0.221 e. The Balaban J connectivity index is 2.02. The molecule has 14 heavy (non-hydrogen) atoms. The van der Waals surface area contributed by atoms with E-state index in [1.807, 2.05) is 13.8 Å². The molecule has 1 aliphatic carbocycles. The van der Waals surface area contributed by atoms with Crippen LogP contribution in [0.25, 0.3) is 0 Å². The van der Waals surface area contributed by atoms with Gasteiger partial charge in [-0.1, -0.05) is 19.3 Å². The summed E-state index contributed by atoms with van der Waals surface area (Å²) in [6.07, 6.45) is 5.61. The van der Waals surface area contributed by atoms with Crippen LogP contribution in [-0.4, -0.2) is 18.0 Å². The van der Waals surface area contributed by atoms with Crippen molar-refractivity contribution in [1.82, 2.24) is 5.32 Å². The summed E-state index contributed by atoms with van der Waals surface area (Å²) >= 11 is 0. The van der Waals surface area contributed by atoms with Crippen molar-refractivity contribution < 1.29 is 4.79 Å². The molecule has 3 heteroatoms. The maximum Gasteiger partial charge on any atom is 0.221 e. The fourth-order valence-electron chi connectivity index (χ4n) is 1.67. The van der Waals surface area contributed by atoms with Crippen LogP contribution in [0.1, 0.15) is 46.0 Å². The Morgan fingerprint density at radius 2 is 2.14 bits per heavy atom. The molecule has 1 fully saturated rings. The van der Waals surface area contributed by atoms with E-state index < -0.39 is 0 Å². The lowest BCUT2D eigenvalue weighted by Gasteiger charge is -2.25. The second-order valence-electron chi connectivity index (χ2n) is 5.10. The van der Waals surface area contributed by atoms with Crippen LogP contribution in [0.4, 0.5) is 0 Å². The molecule has 0 aromatic rings. The van der Waals surface area contributed by atoms with Gasteiger partial charge >= 0.3 is 0 Å². The molecular weight excluding hydrogens is 176 g/mol. The third-order valence-electron chi connectivity index (χ3n) is 2.72. The molecule has 0 spiro atoms. The number of nitrogens with two attached hydrogens (primary N) is 1. The summed E-state index contributed by atoms with van der Waals surface area (Å²) in [5.74, 6) is 0.943. The summed E-state index contributed by atoms with van der Waals surface area (Å²) in [7, 11) is 0. The van der Waals surface area contributed by atoms with Crippen LogP contribution in [0, 0.1) is 5.92 Å². The zero-order chi connectivity index (χ0) is 10.6. The molecule has 1 saturated carbocycles. The Morgan fingerprint density at radius 3 is 2.57 bits per heavy atom. The number of carbonyl (C=O) groups excluding carboxylic acids is 1. The van der Waals surface area contributed by atoms with Crippen LogP contribution in [0.15, 0.2) is 0 Å². The van der Waals surface area contributed by atoms with Crippen LogP contribution in [0.2, 0.25) is 0 Å². The van der Waals surface area contributed by atoms with E-state index in [0.29, 0.717) is 6.42 Å². The van der Waals surface area contributed by atoms with Crippen molar-refractivity contribution in [2.24, 2.45) is 11.7 Å². The van der Waals surface area contributed by atoms with Gasteiger partial charge in [0, 0.05) is 18.5 Å². The SMILES string of the molecule is CC(C)(N)CC(=O)NCCC1CCC1. The van der Waals surface area contributed by atoms with Crippen molar-refractivity contribution in [3.05, 3.63) is 0 Å². The van der Waals surface area contributed by atoms with Crippen LogP contribution in [-0.2, 0) is 4.79 Å². The van der Waals surface area contributed by atoms with Crippen molar-refractivity contribution in [2.45, 2.75) is 51.5 Å². The third-order valence-corrected chi connectivity index (χ3v) is 2.72. The highest BCUT2D eigenvalue weighted by molar-refractivity contribution is 5.76. The molecule has 1 rings (SSSR count). The predicted octanol–water partition coefficient (Wildman–Crippen LogP) is 1.42. The van der Waals surface area contributed by atoms with Gasteiger partial charge in [0.2, 0.25) is 5.91 Å². The second kappa shape index (κ2) is 4.78. The first-order chi connectivity index (χ1) is 6.47. The molecule has 82 valence electrons. The molecule has 0 atom stereocenters. The summed E-state index contributed by atoms with van der Waals surface area (Å²) in [5, 5.41) is 2.92. The largest absolute Gasteiger partial charge is 0.356 e. The zero-order valence-corrected chi connectivity index (χ0v) is 9.31. The Labute approximate surface area is 86.4 Å². The summed E-state index contributed by atoms with van der Waals surface area (Å²) in [5.41, 5.74) is 5.36. The van der Waals surface area contributed by atoms with E-state index in [0.717, 1.165) is 18.9 Å². The molecule has 0 aromatic carbocycles. The number of nitrogens with one attached hydrogen (secondary N) is 1. The van der Waals surface area contributed by atoms with E-state index in [2.05, 4.69) is 5.32 Å². The summed E-state index contributed by atoms with van der Waals surface area (Å²) in [6, 6.07) is 0. The molecule has 0 heterocycles. The van der Waals surface area contributed by atoms with Gasteiger partial charge in [-0.15, -0.1) is 0 Å². The number of rotatable bonds is 5. The molecular formula is C11H22N2O. The van der Waals surface area contributed by atoms with E-state index in [1.54, 1.807) is 0 Å². The van der Waals surface area contributed by atoms with Crippen LogP contribution in [0.5, 0.6) is 0 Å². The molecule has 3 N–H and O–H groups in total. The minimum atomic E-state index is -0.388. The number of carbonyl (C=O) groups is 1. The maximum atomic E-state index is 11.4. The standard InChI is InChI=1S/C11H22N2O/c1-11(2,12)8-10(14)13-7-6-9-4-3-5-9/h9H,3-8,12H2,1-2H3,(H,13,14). The normalized spacial score (nSPS) is 17.6. The van der Waals surface area contributed by atoms with Gasteiger partial charge in [0.25, 0.3) is 0 Å². The highest BCUT2D eigenvalue weighted by Gasteiger charge is 2.18. The van der Waals surface area contributed by atoms with Gasteiger partial charge in [-0.25, -0.2) is 0 Å². The fraction of sp³-hybridized carbons (Fsp3) is 0.909. The molecule has 3 nitrogen and oxygen atoms in total. The monoisotopic (exact) mass is 198 g/mol. The summed E-state index contributed by atoms with van der Waals surface area (Å²) in [6.45, 7) is 4.57. The van der Waals surface area contributed by atoms with Crippen molar-refractivity contribution in [1.29, 1.82) is 0 Å². The van der Waals surface area contributed by atoms with Gasteiger partial charge in [0.05, 0.1) is 0 Å². The van der Waals surface area contributed by atoms with E-state index in [-0.39, 0.29) is 11.4 Å². The second-order valence-corrected chi connectivity index (χ2v) is 5.10. The summed E-state index contributed by atoms with van der Waals surface area (Å²) in [4.78, 5) is 11.4. The molecule has 0 bridgehead atoms. The average Bonchev–Trinajstić information content (AvgIpc) is 1.90. The van der Waals surface area contributed by atoms with Crippen LogP contribution in [0.3, 0.4) is 0 Å². The molecule has 0 aliphatic heterocycles. The molecule has 0 radical (unpaired) electrons.